The van der Waals surface area contributed by atoms with E-state index in [-0.39, 0.29) is 35.6 Å². The fraction of sp³-hybridized carbons (Fsp3) is 0.167. The van der Waals surface area contributed by atoms with Crippen LogP contribution in [0.15, 0.2) is 71.3 Å². The van der Waals surface area contributed by atoms with Crippen molar-refractivity contribution in [1.29, 1.82) is 0 Å². The lowest BCUT2D eigenvalue weighted by Crippen LogP contribution is -2.12. The molecular formula is C24H21ClFN3O4. The fourth-order valence-electron chi connectivity index (χ4n) is 3.06. The van der Waals surface area contributed by atoms with E-state index in [0.717, 1.165) is 5.75 Å². The van der Waals surface area contributed by atoms with Gasteiger partial charge in [0.2, 0.25) is 0 Å². The van der Waals surface area contributed by atoms with Gasteiger partial charge < -0.3 is 19.2 Å². The minimum absolute atomic E-state index is 0.0833. The number of nitrogens with zero attached hydrogens (tertiary/aromatic N) is 2. The van der Waals surface area contributed by atoms with E-state index in [1.807, 2.05) is 19.1 Å². The van der Waals surface area contributed by atoms with Gasteiger partial charge in [-0.05, 0) is 49.4 Å². The van der Waals surface area contributed by atoms with Crippen molar-refractivity contribution < 1.29 is 23.1 Å². The maximum Gasteiger partial charge on any atom is 0.292 e. The molecular weight excluding hydrogens is 449 g/mol. The third kappa shape index (κ3) is 5.72. The van der Waals surface area contributed by atoms with Crippen LogP contribution >= 0.6 is 11.6 Å². The monoisotopic (exact) mass is 469 g/mol. The van der Waals surface area contributed by atoms with Crippen LogP contribution in [-0.4, -0.2) is 22.3 Å². The van der Waals surface area contributed by atoms with E-state index in [1.54, 1.807) is 36.4 Å². The molecule has 0 saturated carbocycles. The smallest absolute Gasteiger partial charge is 0.292 e. The molecule has 0 saturated heterocycles. The van der Waals surface area contributed by atoms with E-state index in [1.165, 1.54) is 23.0 Å². The molecule has 2 heterocycles. The molecule has 2 aromatic heterocycles. The summed E-state index contributed by atoms with van der Waals surface area (Å²) in [6.07, 6.45) is 1.52. The Hall–Kier alpha value is -3.78. The molecule has 4 rings (SSSR count). The van der Waals surface area contributed by atoms with Crippen molar-refractivity contribution in [1.82, 2.24) is 9.78 Å². The van der Waals surface area contributed by atoms with Crippen molar-refractivity contribution in [2.75, 3.05) is 11.9 Å². The van der Waals surface area contributed by atoms with Gasteiger partial charge in [0.15, 0.2) is 11.6 Å². The summed E-state index contributed by atoms with van der Waals surface area (Å²) in [5, 5.41) is 7.06. The topological polar surface area (TPSA) is 78.5 Å². The molecule has 1 N–H and O–H groups in total. The minimum atomic E-state index is -0.514. The van der Waals surface area contributed by atoms with E-state index in [2.05, 4.69) is 10.4 Å². The van der Waals surface area contributed by atoms with E-state index < -0.39 is 5.91 Å². The zero-order chi connectivity index (χ0) is 23.2. The van der Waals surface area contributed by atoms with E-state index in [4.69, 9.17) is 25.5 Å². The number of rotatable bonds is 9. The summed E-state index contributed by atoms with van der Waals surface area (Å²) in [6.45, 7) is 2.84. The summed E-state index contributed by atoms with van der Waals surface area (Å²) < 4.78 is 32.0. The van der Waals surface area contributed by atoms with Gasteiger partial charge in [-0.25, -0.2) is 4.39 Å². The van der Waals surface area contributed by atoms with Crippen LogP contribution in [0, 0.1) is 5.82 Å². The highest BCUT2D eigenvalue weighted by molar-refractivity contribution is 6.33. The van der Waals surface area contributed by atoms with Crippen molar-refractivity contribution in [2.24, 2.45) is 0 Å². The maximum absolute atomic E-state index is 13.9. The second-order valence-corrected chi connectivity index (χ2v) is 7.44. The Balaban J connectivity index is 1.35. The molecule has 4 aromatic rings. The normalized spacial score (nSPS) is 10.8. The molecule has 0 aliphatic rings. The second kappa shape index (κ2) is 10.2. The predicted molar refractivity (Wildman–Crippen MR) is 121 cm³/mol. The van der Waals surface area contributed by atoms with Crippen molar-refractivity contribution in [3.63, 3.8) is 0 Å². The highest BCUT2D eigenvalue weighted by atomic mass is 35.5. The van der Waals surface area contributed by atoms with Gasteiger partial charge in [0, 0.05) is 11.8 Å². The molecule has 0 bridgehead atoms. The quantitative estimate of drug-likeness (QED) is 0.348. The standard InChI is InChI=1S/C24H21ClFN3O4/c1-2-31-17-7-9-18(10-8-17)32-15-19-11-12-22(33-19)24(30)27-23-20(25)14-29(28-23)13-16-5-3-4-6-21(16)26/h3-12,14H,2,13,15H2,1H3,(H,27,28,30). The molecule has 0 aliphatic carbocycles. The molecule has 7 nitrogen and oxygen atoms in total. The number of ether oxygens (including phenoxy) is 2. The number of carbonyl (C=O) groups is 1. The first-order valence-corrected chi connectivity index (χ1v) is 10.6. The fourth-order valence-corrected chi connectivity index (χ4v) is 3.26. The van der Waals surface area contributed by atoms with E-state index in [9.17, 15) is 9.18 Å². The molecule has 0 spiro atoms. The Morgan fingerprint density at radius 3 is 2.55 bits per heavy atom. The van der Waals surface area contributed by atoms with Crippen LogP contribution in [0.2, 0.25) is 5.02 Å². The Morgan fingerprint density at radius 2 is 1.82 bits per heavy atom. The van der Waals surface area contributed by atoms with Gasteiger partial charge in [0.25, 0.3) is 5.91 Å². The van der Waals surface area contributed by atoms with Crippen LogP contribution in [0.4, 0.5) is 10.2 Å². The lowest BCUT2D eigenvalue weighted by atomic mass is 10.2. The van der Waals surface area contributed by atoms with E-state index in [0.29, 0.717) is 23.7 Å². The van der Waals surface area contributed by atoms with Crippen LogP contribution in [0.5, 0.6) is 11.5 Å². The molecule has 9 heteroatoms. The maximum atomic E-state index is 13.9. The summed E-state index contributed by atoms with van der Waals surface area (Å²) in [6, 6.07) is 16.8. The number of aromatic nitrogens is 2. The molecule has 170 valence electrons. The van der Waals surface area contributed by atoms with Crippen LogP contribution in [0.25, 0.3) is 0 Å². The molecule has 0 radical (unpaired) electrons. The van der Waals surface area contributed by atoms with Crippen LogP contribution in [0.1, 0.15) is 28.8 Å². The minimum Gasteiger partial charge on any atom is -0.494 e. The van der Waals surface area contributed by atoms with Gasteiger partial charge in [-0.2, -0.15) is 5.10 Å². The largest absolute Gasteiger partial charge is 0.494 e. The molecule has 1 amide bonds. The zero-order valence-corrected chi connectivity index (χ0v) is 18.5. The van der Waals surface area contributed by atoms with Crippen LogP contribution in [0.3, 0.4) is 0 Å². The average molecular weight is 470 g/mol. The third-order valence-electron chi connectivity index (χ3n) is 4.64. The van der Waals surface area contributed by atoms with Gasteiger partial charge in [-0.3, -0.25) is 9.48 Å². The highest BCUT2D eigenvalue weighted by Crippen LogP contribution is 2.23. The lowest BCUT2D eigenvalue weighted by Gasteiger charge is -2.06. The number of halogens is 2. The molecule has 0 unspecified atom stereocenters. The first kappa shape index (κ1) is 22.4. The SMILES string of the molecule is CCOc1ccc(OCc2ccc(C(=O)Nc3nn(Cc4ccccc4F)cc3Cl)o2)cc1. The number of nitrogens with one attached hydrogen (secondary N) is 1. The number of benzene rings is 2. The first-order valence-electron chi connectivity index (χ1n) is 10.2. The van der Waals surface area contributed by atoms with Gasteiger partial charge >= 0.3 is 0 Å². The predicted octanol–water partition coefficient (Wildman–Crippen LogP) is 5.55. The highest BCUT2D eigenvalue weighted by Gasteiger charge is 2.16. The molecule has 2 aromatic carbocycles. The number of anilines is 1. The van der Waals surface area contributed by atoms with Crippen molar-refractivity contribution in [2.45, 2.75) is 20.1 Å². The summed E-state index contributed by atoms with van der Waals surface area (Å²) in [4.78, 5) is 12.5. The number of furan rings is 1. The Morgan fingerprint density at radius 1 is 1.09 bits per heavy atom. The van der Waals surface area contributed by atoms with Crippen molar-refractivity contribution >= 4 is 23.3 Å². The van der Waals surface area contributed by atoms with Crippen molar-refractivity contribution in [3.8, 4) is 11.5 Å². The van der Waals surface area contributed by atoms with Crippen LogP contribution < -0.4 is 14.8 Å². The number of hydrogen-bond donors (Lipinski definition) is 1. The summed E-state index contributed by atoms with van der Waals surface area (Å²) >= 11 is 6.18. The number of carbonyl (C=O) groups excluding carboxylic acids is 1. The average Bonchev–Trinajstić information content (AvgIpc) is 3.42. The number of amides is 1. The van der Waals surface area contributed by atoms with Gasteiger partial charge in [0.05, 0.1) is 13.2 Å². The lowest BCUT2D eigenvalue weighted by molar-refractivity contribution is 0.0992. The van der Waals surface area contributed by atoms with E-state index >= 15 is 0 Å². The third-order valence-corrected chi connectivity index (χ3v) is 4.92. The summed E-state index contributed by atoms with van der Waals surface area (Å²) in [7, 11) is 0. The van der Waals surface area contributed by atoms with Crippen LogP contribution in [-0.2, 0) is 13.2 Å². The Kier molecular flexibility index (Phi) is 6.95. The summed E-state index contributed by atoms with van der Waals surface area (Å²) in [5.41, 5.74) is 0.456. The van der Waals surface area contributed by atoms with Gasteiger partial charge in [0.1, 0.15) is 34.7 Å². The van der Waals surface area contributed by atoms with Gasteiger partial charge in [-0.15, -0.1) is 0 Å². The molecule has 0 fully saturated rings. The zero-order valence-electron chi connectivity index (χ0n) is 17.8. The van der Waals surface area contributed by atoms with Crippen molar-refractivity contribution in [3.05, 3.63) is 94.8 Å². The molecule has 0 aliphatic heterocycles. The first-order chi connectivity index (χ1) is 16.0. The molecule has 33 heavy (non-hydrogen) atoms. The Labute approximate surface area is 194 Å². The number of hydrogen-bond acceptors (Lipinski definition) is 5. The molecule has 0 atom stereocenters. The summed E-state index contributed by atoms with van der Waals surface area (Å²) in [5.74, 6) is 1.27. The Bertz CT molecular complexity index is 1240. The van der Waals surface area contributed by atoms with Gasteiger partial charge in [-0.1, -0.05) is 29.8 Å². The second-order valence-electron chi connectivity index (χ2n) is 7.03.